The van der Waals surface area contributed by atoms with Crippen LogP contribution in [0.15, 0.2) is 156 Å². The van der Waals surface area contributed by atoms with Gasteiger partial charge in [-0.05, 0) is 77.9 Å². The predicted molar refractivity (Wildman–Crippen MR) is 201 cm³/mol. The molecule has 7 aromatic carbocycles. The van der Waals surface area contributed by atoms with Gasteiger partial charge in [0.15, 0.2) is 5.13 Å². The van der Waals surface area contributed by atoms with Gasteiger partial charge in [-0.25, -0.2) is 4.98 Å². The maximum Gasteiger partial charge on any atom is 0.195 e. The standard InChI is InChI=1S/C43H25N3OS/c1-2-10-28(11-3-1)45-34-15-7-4-12-29(34)32-24-26(18-20-36(32)45)27-19-21-37-33(25-27)30-13-5-8-16-35(30)46(37)43-44-42-40(48-43)23-22-39-41(42)31-14-6-9-17-38(31)47-39/h1-25H. The molecule has 0 amide bonds. The van der Waals surface area contributed by atoms with Crippen LogP contribution >= 0.6 is 11.3 Å². The third kappa shape index (κ3) is 3.56. The highest BCUT2D eigenvalue weighted by atomic mass is 32.1. The molecule has 0 spiro atoms. The smallest absolute Gasteiger partial charge is 0.195 e. The molecule has 4 heterocycles. The lowest BCUT2D eigenvalue weighted by atomic mass is 10.0. The summed E-state index contributed by atoms with van der Waals surface area (Å²) in [7, 11) is 0. The summed E-state index contributed by atoms with van der Waals surface area (Å²) in [6.45, 7) is 0. The predicted octanol–water partition coefficient (Wildman–Crippen LogP) is 12.1. The summed E-state index contributed by atoms with van der Waals surface area (Å²) < 4.78 is 12.0. The van der Waals surface area contributed by atoms with Crippen molar-refractivity contribution >= 4 is 87.1 Å². The van der Waals surface area contributed by atoms with Crippen molar-refractivity contribution in [2.45, 2.75) is 0 Å². The zero-order chi connectivity index (χ0) is 31.3. The number of benzene rings is 7. The fraction of sp³-hybridized carbons (Fsp3) is 0. The fourth-order valence-electron chi connectivity index (χ4n) is 7.65. The Kier molecular flexibility index (Phi) is 5.23. The number of rotatable bonds is 3. The number of fused-ring (bicyclic) bond motifs is 11. The highest BCUT2D eigenvalue weighted by Crippen LogP contribution is 2.41. The molecule has 0 fully saturated rings. The summed E-state index contributed by atoms with van der Waals surface area (Å²) in [5.41, 5.74) is 11.0. The highest BCUT2D eigenvalue weighted by molar-refractivity contribution is 7.21. The van der Waals surface area contributed by atoms with Crippen molar-refractivity contribution in [3.05, 3.63) is 152 Å². The molecule has 0 N–H and O–H groups in total. The molecule has 0 aliphatic rings. The van der Waals surface area contributed by atoms with E-state index in [9.17, 15) is 0 Å². The molecule has 0 atom stereocenters. The van der Waals surface area contributed by atoms with Gasteiger partial charge in [-0.1, -0.05) is 96.3 Å². The lowest BCUT2D eigenvalue weighted by molar-refractivity contribution is 0.669. The van der Waals surface area contributed by atoms with Crippen LogP contribution in [0.2, 0.25) is 0 Å². The monoisotopic (exact) mass is 631 g/mol. The van der Waals surface area contributed by atoms with Gasteiger partial charge in [0.05, 0.1) is 37.7 Å². The van der Waals surface area contributed by atoms with Gasteiger partial charge in [-0.15, -0.1) is 0 Å². The number of hydrogen-bond acceptors (Lipinski definition) is 3. The lowest BCUT2D eigenvalue weighted by Gasteiger charge is -2.08. The summed E-state index contributed by atoms with van der Waals surface area (Å²) in [5, 5.41) is 8.08. The molecule has 0 aliphatic carbocycles. The van der Waals surface area contributed by atoms with Crippen LogP contribution in [0.1, 0.15) is 0 Å². The quantitative estimate of drug-likeness (QED) is 0.194. The zero-order valence-corrected chi connectivity index (χ0v) is 26.4. The molecule has 4 aromatic heterocycles. The minimum Gasteiger partial charge on any atom is -0.456 e. The highest BCUT2D eigenvalue weighted by Gasteiger charge is 2.19. The first kappa shape index (κ1) is 26.0. The molecule has 0 radical (unpaired) electrons. The Labute approximate surface area is 278 Å². The Bertz CT molecular complexity index is 3070. The first-order valence-corrected chi connectivity index (χ1v) is 17.0. The molecular formula is C43H25N3OS. The van der Waals surface area contributed by atoms with Crippen molar-refractivity contribution < 1.29 is 4.42 Å². The van der Waals surface area contributed by atoms with Gasteiger partial charge in [0.2, 0.25) is 0 Å². The van der Waals surface area contributed by atoms with Crippen LogP contribution in [0.5, 0.6) is 0 Å². The van der Waals surface area contributed by atoms with Crippen molar-refractivity contribution in [3.63, 3.8) is 0 Å². The maximum absolute atomic E-state index is 6.19. The second kappa shape index (κ2) is 9.67. The van der Waals surface area contributed by atoms with Crippen LogP contribution in [-0.4, -0.2) is 14.1 Å². The average molecular weight is 632 g/mol. The first-order valence-electron chi connectivity index (χ1n) is 16.1. The molecule has 11 rings (SSSR count). The Morgan fingerprint density at radius 1 is 0.458 bits per heavy atom. The minimum absolute atomic E-state index is 0.872. The molecule has 0 aliphatic heterocycles. The summed E-state index contributed by atoms with van der Waals surface area (Å²) in [4.78, 5) is 5.30. The Morgan fingerprint density at radius 2 is 1.04 bits per heavy atom. The van der Waals surface area contributed by atoms with E-state index in [0.717, 1.165) is 48.3 Å². The molecule has 0 saturated carbocycles. The number of nitrogens with zero attached hydrogens (tertiary/aromatic N) is 3. The van der Waals surface area contributed by atoms with Gasteiger partial charge in [0.25, 0.3) is 0 Å². The van der Waals surface area contributed by atoms with Gasteiger partial charge in [0, 0.05) is 32.6 Å². The largest absolute Gasteiger partial charge is 0.456 e. The fourth-order valence-corrected chi connectivity index (χ4v) is 8.65. The first-order chi connectivity index (χ1) is 23.8. The second-order valence-corrected chi connectivity index (χ2v) is 13.4. The van der Waals surface area contributed by atoms with Crippen LogP contribution in [0, 0.1) is 0 Å². The Balaban J connectivity index is 1.11. The normalized spacial score (nSPS) is 12.2. The van der Waals surface area contributed by atoms with Crippen LogP contribution in [0.3, 0.4) is 0 Å². The molecule has 224 valence electrons. The molecule has 0 saturated heterocycles. The van der Waals surface area contributed by atoms with E-state index in [4.69, 9.17) is 9.40 Å². The van der Waals surface area contributed by atoms with Crippen molar-refractivity contribution in [1.29, 1.82) is 0 Å². The van der Waals surface area contributed by atoms with Crippen molar-refractivity contribution in [3.8, 4) is 21.9 Å². The Morgan fingerprint density at radius 3 is 1.77 bits per heavy atom. The van der Waals surface area contributed by atoms with Crippen molar-refractivity contribution in [2.24, 2.45) is 0 Å². The zero-order valence-electron chi connectivity index (χ0n) is 25.6. The van der Waals surface area contributed by atoms with E-state index in [-0.39, 0.29) is 0 Å². The van der Waals surface area contributed by atoms with Crippen LogP contribution in [0.4, 0.5) is 0 Å². The number of thiazole rings is 1. The average Bonchev–Trinajstić information content (AvgIpc) is 3.90. The molecule has 48 heavy (non-hydrogen) atoms. The minimum atomic E-state index is 0.872. The Hall–Kier alpha value is -6.17. The van der Waals surface area contributed by atoms with Crippen molar-refractivity contribution in [2.75, 3.05) is 0 Å². The van der Waals surface area contributed by atoms with Gasteiger partial charge in [-0.2, -0.15) is 0 Å². The summed E-state index contributed by atoms with van der Waals surface area (Å²) in [5.74, 6) is 0. The molecule has 0 unspecified atom stereocenters. The topological polar surface area (TPSA) is 35.9 Å². The summed E-state index contributed by atoms with van der Waals surface area (Å²) in [6, 6.07) is 54.2. The summed E-state index contributed by atoms with van der Waals surface area (Å²) >= 11 is 1.72. The van der Waals surface area contributed by atoms with E-state index in [1.165, 1.54) is 49.4 Å². The van der Waals surface area contributed by atoms with Crippen LogP contribution < -0.4 is 0 Å². The number of aromatic nitrogens is 3. The van der Waals surface area contributed by atoms with E-state index in [2.05, 4.69) is 149 Å². The van der Waals surface area contributed by atoms with Crippen LogP contribution in [0.25, 0.3) is 97.7 Å². The van der Waals surface area contributed by atoms with Crippen molar-refractivity contribution in [1.82, 2.24) is 14.1 Å². The van der Waals surface area contributed by atoms with E-state index in [0.29, 0.717) is 0 Å². The number of para-hydroxylation sites is 4. The van der Waals surface area contributed by atoms with Gasteiger partial charge < -0.3 is 8.98 Å². The summed E-state index contributed by atoms with van der Waals surface area (Å²) in [6.07, 6.45) is 0. The number of hydrogen-bond donors (Lipinski definition) is 0. The third-order valence-corrected chi connectivity index (χ3v) is 10.8. The molecule has 4 nitrogen and oxygen atoms in total. The maximum atomic E-state index is 6.19. The third-order valence-electron chi connectivity index (χ3n) is 9.77. The SMILES string of the molecule is c1ccc(-n2c3ccccc3c3cc(-c4ccc5c(c4)c4ccccc4n5-c4nc5c(ccc6oc7ccccc7c65)s4)ccc32)cc1. The van der Waals surface area contributed by atoms with E-state index < -0.39 is 0 Å². The van der Waals surface area contributed by atoms with E-state index >= 15 is 0 Å². The molecule has 11 aromatic rings. The molecule has 5 heteroatoms. The number of furan rings is 1. The van der Waals surface area contributed by atoms with Crippen LogP contribution in [-0.2, 0) is 0 Å². The lowest BCUT2D eigenvalue weighted by Crippen LogP contribution is -1.93. The second-order valence-electron chi connectivity index (χ2n) is 12.4. The molecular weight excluding hydrogens is 607 g/mol. The van der Waals surface area contributed by atoms with Gasteiger partial charge >= 0.3 is 0 Å². The van der Waals surface area contributed by atoms with Gasteiger partial charge in [0.1, 0.15) is 11.2 Å². The van der Waals surface area contributed by atoms with Gasteiger partial charge in [-0.3, -0.25) is 4.57 Å². The molecule has 0 bridgehead atoms. The van der Waals surface area contributed by atoms with E-state index in [1.807, 2.05) is 12.1 Å². The van der Waals surface area contributed by atoms with E-state index in [1.54, 1.807) is 11.3 Å².